The molecule has 2 N–H and O–H groups in total. The summed E-state index contributed by atoms with van der Waals surface area (Å²) in [5.41, 5.74) is 1.85. The Hall–Kier alpha value is -1.82. The van der Waals surface area contributed by atoms with Gasteiger partial charge in [0.05, 0.1) is 12.7 Å². The maximum absolute atomic E-state index is 5.96. The van der Waals surface area contributed by atoms with Crippen molar-refractivity contribution in [1.29, 1.82) is 0 Å². The largest absolute Gasteiger partial charge is 0.383 e. The van der Waals surface area contributed by atoms with Gasteiger partial charge in [0.25, 0.3) is 0 Å². The molecule has 0 aliphatic rings. The van der Waals surface area contributed by atoms with Crippen LogP contribution in [0.2, 0.25) is 5.15 Å². The maximum atomic E-state index is 5.96. The predicted molar refractivity (Wildman–Crippen MR) is 72.0 cm³/mol. The summed E-state index contributed by atoms with van der Waals surface area (Å²) in [5, 5.41) is 10.8. The van der Waals surface area contributed by atoms with Crippen molar-refractivity contribution in [3.8, 4) is 0 Å². The van der Waals surface area contributed by atoms with E-state index < -0.39 is 0 Å². The van der Waals surface area contributed by atoms with E-state index in [9.17, 15) is 0 Å². The summed E-state index contributed by atoms with van der Waals surface area (Å²) >= 11 is 5.96. The fourth-order valence-electron chi connectivity index (χ4n) is 1.60. The van der Waals surface area contributed by atoms with Crippen molar-refractivity contribution in [3.63, 3.8) is 0 Å². The average Bonchev–Trinajstić information content (AvgIpc) is 2.75. The molecule has 0 aliphatic carbocycles. The molecule has 0 aromatic carbocycles. The van der Waals surface area contributed by atoms with Crippen LogP contribution in [0.4, 0.5) is 11.5 Å². The summed E-state index contributed by atoms with van der Waals surface area (Å²) < 4.78 is 1.88. The van der Waals surface area contributed by atoms with Crippen molar-refractivity contribution in [2.75, 3.05) is 24.2 Å². The van der Waals surface area contributed by atoms with Gasteiger partial charge in [0, 0.05) is 19.8 Å². The van der Waals surface area contributed by atoms with Gasteiger partial charge in [-0.1, -0.05) is 11.6 Å². The minimum atomic E-state index is 0.407. The van der Waals surface area contributed by atoms with E-state index in [-0.39, 0.29) is 0 Å². The molecule has 0 saturated carbocycles. The zero-order valence-electron chi connectivity index (χ0n) is 10.3. The number of halogens is 1. The second-order valence-corrected chi connectivity index (χ2v) is 4.20. The van der Waals surface area contributed by atoms with Crippen LogP contribution in [0.25, 0.3) is 0 Å². The van der Waals surface area contributed by atoms with E-state index >= 15 is 0 Å². The Morgan fingerprint density at radius 1 is 1.39 bits per heavy atom. The molecule has 6 nitrogen and oxygen atoms in total. The van der Waals surface area contributed by atoms with Crippen LogP contribution in [-0.4, -0.2) is 33.3 Å². The smallest absolute Gasteiger partial charge is 0.157 e. The van der Waals surface area contributed by atoms with E-state index in [0.29, 0.717) is 23.2 Å². The molecule has 0 radical (unpaired) electrons. The second kappa shape index (κ2) is 5.68. The summed E-state index contributed by atoms with van der Waals surface area (Å²) in [6.07, 6.45) is 5.26. The molecule has 0 spiro atoms. The number of hydrogen-bond acceptors (Lipinski definition) is 5. The molecule has 0 bridgehead atoms. The lowest BCUT2D eigenvalue weighted by Gasteiger charge is -2.11. The molecule has 2 aromatic rings. The molecule has 2 heterocycles. The molecule has 2 rings (SSSR count). The Labute approximate surface area is 110 Å². The van der Waals surface area contributed by atoms with Gasteiger partial charge in [0.15, 0.2) is 11.0 Å². The molecule has 0 fully saturated rings. The van der Waals surface area contributed by atoms with Crippen LogP contribution in [0.1, 0.15) is 5.56 Å². The van der Waals surface area contributed by atoms with Crippen LogP contribution in [0.3, 0.4) is 0 Å². The summed E-state index contributed by atoms with van der Waals surface area (Å²) in [5.74, 6) is 0.696. The number of hydrogen-bond donors (Lipinski definition) is 2. The summed E-state index contributed by atoms with van der Waals surface area (Å²) in [6, 6.07) is 0. The van der Waals surface area contributed by atoms with Gasteiger partial charge in [-0.15, -0.1) is 0 Å². The Balaban J connectivity index is 1.96. The van der Waals surface area contributed by atoms with Gasteiger partial charge in [-0.3, -0.25) is 4.68 Å². The van der Waals surface area contributed by atoms with Crippen molar-refractivity contribution >= 4 is 23.1 Å². The molecule has 96 valence electrons. The number of nitrogens with zero attached hydrogens (tertiary/aromatic N) is 4. The number of aromatic nitrogens is 4. The van der Waals surface area contributed by atoms with E-state index in [2.05, 4.69) is 25.7 Å². The fourth-order valence-corrected chi connectivity index (χ4v) is 1.83. The first-order valence-electron chi connectivity index (χ1n) is 5.62. The van der Waals surface area contributed by atoms with Gasteiger partial charge in [-0.05, 0) is 12.5 Å². The average molecular weight is 267 g/mol. The van der Waals surface area contributed by atoms with Gasteiger partial charge in [-0.2, -0.15) is 5.10 Å². The zero-order valence-corrected chi connectivity index (χ0v) is 11.1. The van der Waals surface area contributed by atoms with Crippen LogP contribution in [0.5, 0.6) is 0 Å². The molecular formula is C11H15ClN6. The highest BCUT2D eigenvalue weighted by Crippen LogP contribution is 2.24. The SMILES string of the molecule is CNc1c(Cl)ncnc1NCCn1cc(C)cn1. The topological polar surface area (TPSA) is 67.7 Å². The first-order valence-corrected chi connectivity index (χ1v) is 5.99. The Kier molecular flexibility index (Phi) is 3.99. The van der Waals surface area contributed by atoms with E-state index in [4.69, 9.17) is 11.6 Å². The number of rotatable bonds is 5. The van der Waals surface area contributed by atoms with E-state index in [0.717, 1.165) is 12.1 Å². The third-order valence-electron chi connectivity index (χ3n) is 2.45. The van der Waals surface area contributed by atoms with Gasteiger partial charge in [0.2, 0.25) is 0 Å². The minimum Gasteiger partial charge on any atom is -0.383 e. The van der Waals surface area contributed by atoms with Gasteiger partial charge in [0.1, 0.15) is 12.0 Å². The second-order valence-electron chi connectivity index (χ2n) is 3.85. The van der Waals surface area contributed by atoms with Crippen LogP contribution in [-0.2, 0) is 6.54 Å². The Morgan fingerprint density at radius 2 is 2.22 bits per heavy atom. The lowest BCUT2D eigenvalue weighted by molar-refractivity contribution is 0.636. The first kappa shape index (κ1) is 12.6. The third kappa shape index (κ3) is 2.89. The van der Waals surface area contributed by atoms with Crippen molar-refractivity contribution in [1.82, 2.24) is 19.7 Å². The quantitative estimate of drug-likeness (QED) is 0.808. The van der Waals surface area contributed by atoms with Crippen LogP contribution in [0, 0.1) is 6.92 Å². The van der Waals surface area contributed by atoms with Crippen LogP contribution >= 0.6 is 11.6 Å². The highest BCUT2D eigenvalue weighted by Gasteiger charge is 2.07. The predicted octanol–water partition coefficient (Wildman–Crippen LogP) is 1.79. The van der Waals surface area contributed by atoms with Crippen molar-refractivity contribution in [2.24, 2.45) is 0 Å². The molecule has 0 saturated heterocycles. The first-order chi connectivity index (χ1) is 8.70. The number of aryl methyl sites for hydroxylation is 1. The van der Waals surface area contributed by atoms with Gasteiger partial charge < -0.3 is 10.6 Å². The lowest BCUT2D eigenvalue weighted by Crippen LogP contribution is -2.13. The van der Waals surface area contributed by atoms with Crippen LogP contribution < -0.4 is 10.6 Å². The Morgan fingerprint density at radius 3 is 2.89 bits per heavy atom. The third-order valence-corrected chi connectivity index (χ3v) is 2.73. The lowest BCUT2D eigenvalue weighted by atomic mass is 10.4. The van der Waals surface area contributed by atoms with Crippen LogP contribution in [0.15, 0.2) is 18.7 Å². The van der Waals surface area contributed by atoms with Crippen molar-refractivity contribution < 1.29 is 0 Å². The minimum absolute atomic E-state index is 0.407. The highest BCUT2D eigenvalue weighted by atomic mass is 35.5. The fraction of sp³-hybridized carbons (Fsp3) is 0.364. The molecular weight excluding hydrogens is 252 g/mol. The molecule has 18 heavy (non-hydrogen) atoms. The summed E-state index contributed by atoms with van der Waals surface area (Å²) in [7, 11) is 1.78. The Bertz CT molecular complexity index is 524. The molecule has 2 aromatic heterocycles. The molecule has 0 amide bonds. The number of nitrogens with one attached hydrogen (secondary N) is 2. The van der Waals surface area contributed by atoms with Gasteiger partial charge >= 0.3 is 0 Å². The van der Waals surface area contributed by atoms with Crippen molar-refractivity contribution in [3.05, 3.63) is 29.4 Å². The normalized spacial score (nSPS) is 10.4. The molecule has 7 heteroatoms. The summed E-state index contributed by atoms with van der Waals surface area (Å²) in [6.45, 7) is 3.49. The summed E-state index contributed by atoms with van der Waals surface area (Å²) in [4.78, 5) is 8.06. The molecule has 0 aliphatic heterocycles. The molecule has 0 unspecified atom stereocenters. The van der Waals surface area contributed by atoms with Gasteiger partial charge in [-0.25, -0.2) is 9.97 Å². The van der Waals surface area contributed by atoms with E-state index in [1.807, 2.05) is 24.0 Å². The molecule has 0 atom stereocenters. The van der Waals surface area contributed by atoms with Crippen molar-refractivity contribution in [2.45, 2.75) is 13.5 Å². The van der Waals surface area contributed by atoms with E-state index in [1.54, 1.807) is 7.05 Å². The number of anilines is 2. The van der Waals surface area contributed by atoms with E-state index in [1.165, 1.54) is 6.33 Å². The monoisotopic (exact) mass is 266 g/mol. The standard InChI is InChI=1S/C11H15ClN6/c1-8-5-17-18(6-8)4-3-14-11-9(13-2)10(12)15-7-16-11/h5-7,13H,3-4H2,1-2H3,(H,14,15,16). The highest BCUT2D eigenvalue weighted by molar-refractivity contribution is 6.32. The maximum Gasteiger partial charge on any atom is 0.157 e. The zero-order chi connectivity index (χ0) is 13.0.